The first-order valence-electron chi connectivity index (χ1n) is 8.87. The first-order chi connectivity index (χ1) is 13.7. The Labute approximate surface area is 166 Å². The molecule has 0 spiro atoms. The number of halogens is 3. The van der Waals surface area contributed by atoms with Gasteiger partial charge in [-0.2, -0.15) is 13.2 Å². The molecule has 150 valence electrons. The minimum atomic E-state index is -4.83. The van der Waals surface area contributed by atoms with Gasteiger partial charge in [0.2, 0.25) is 0 Å². The van der Waals surface area contributed by atoms with Gasteiger partial charge in [0.25, 0.3) is 10.0 Å². The molecule has 2 atom stereocenters. The second-order valence-electron chi connectivity index (χ2n) is 6.92. The fraction of sp³-hybridized carbons (Fsp3) is 0.190. The maximum Gasteiger partial charge on any atom is 0.414 e. The van der Waals surface area contributed by atoms with Crippen LogP contribution in [0.3, 0.4) is 0 Å². The van der Waals surface area contributed by atoms with Crippen LogP contribution in [0.1, 0.15) is 12.0 Å². The lowest BCUT2D eigenvalue weighted by molar-refractivity contribution is -0.120. The van der Waals surface area contributed by atoms with Crippen molar-refractivity contribution < 1.29 is 26.4 Å². The van der Waals surface area contributed by atoms with Crippen molar-refractivity contribution in [2.75, 3.05) is 0 Å². The molecule has 0 N–H and O–H groups in total. The lowest BCUT2D eigenvalue weighted by atomic mass is 9.79. The third kappa shape index (κ3) is 3.37. The largest absolute Gasteiger partial charge is 0.414 e. The molecule has 2 aromatic rings. The summed E-state index contributed by atoms with van der Waals surface area (Å²) in [5, 5.41) is 0. The molecule has 1 aliphatic carbocycles. The van der Waals surface area contributed by atoms with Crippen molar-refractivity contribution in [1.29, 1.82) is 0 Å². The Bertz CT molecular complexity index is 1110. The van der Waals surface area contributed by atoms with Gasteiger partial charge < -0.3 is 0 Å². The molecule has 1 aliphatic heterocycles. The SMILES string of the molecule is O=C1C=C(C(F)(F)F)C2C(C1)C(c1ccccc1)=CN2S(=O)(=O)c1ccccc1. The molecular weight excluding hydrogens is 403 g/mol. The minimum Gasteiger partial charge on any atom is -0.295 e. The average Bonchev–Trinajstić information content (AvgIpc) is 3.08. The highest BCUT2D eigenvalue weighted by Gasteiger charge is 2.53. The van der Waals surface area contributed by atoms with Crippen molar-refractivity contribution in [3.8, 4) is 0 Å². The van der Waals surface area contributed by atoms with Gasteiger partial charge in [-0.05, 0) is 29.3 Å². The molecule has 0 saturated carbocycles. The van der Waals surface area contributed by atoms with Gasteiger partial charge in [0.05, 0.1) is 16.5 Å². The van der Waals surface area contributed by atoms with Crippen molar-refractivity contribution in [3.63, 3.8) is 0 Å². The molecule has 4 rings (SSSR count). The number of carbonyl (C=O) groups excluding carboxylic acids is 1. The van der Waals surface area contributed by atoms with E-state index in [1.165, 1.54) is 30.5 Å². The zero-order chi connectivity index (χ0) is 20.8. The summed E-state index contributed by atoms with van der Waals surface area (Å²) < 4.78 is 68.6. The molecule has 4 nitrogen and oxygen atoms in total. The average molecular weight is 419 g/mol. The van der Waals surface area contributed by atoms with E-state index in [0.717, 1.165) is 4.31 Å². The highest BCUT2D eigenvalue weighted by atomic mass is 32.2. The number of ketones is 1. The second kappa shape index (κ2) is 6.88. The Morgan fingerprint density at radius 2 is 1.52 bits per heavy atom. The third-order valence-corrected chi connectivity index (χ3v) is 6.89. The van der Waals surface area contributed by atoms with Gasteiger partial charge in [0, 0.05) is 18.5 Å². The van der Waals surface area contributed by atoms with Crippen LogP contribution in [-0.2, 0) is 14.8 Å². The van der Waals surface area contributed by atoms with Gasteiger partial charge in [-0.1, -0.05) is 48.5 Å². The number of rotatable bonds is 3. The van der Waals surface area contributed by atoms with Gasteiger partial charge >= 0.3 is 6.18 Å². The van der Waals surface area contributed by atoms with Gasteiger partial charge in [0.15, 0.2) is 5.78 Å². The van der Waals surface area contributed by atoms with Crippen molar-refractivity contribution in [2.45, 2.75) is 23.5 Å². The maximum atomic E-state index is 13.8. The predicted octanol–water partition coefficient (Wildman–Crippen LogP) is 4.18. The van der Waals surface area contributed by atoms with Gasteiger partial charge in [0.1, 0.15) is 0 Å². The van der Waals surface area contributed by atoms with E-state index in [0.29, 0.717) is 17.2 Å². The summed E-state index contributed by atoms with van der Waals surface area (Å²) in [6.45, 7) is 0. The van der Waals surface area contributed by atoms with Crippen LogP contribution in [0.4, 0.5) is 13.2 Å². The zero-order valence-corrected chi connectivity index (χ0v) is 15.8. The van der Waals surface area contributed by atoms with E-state index in [4.69, 9.17) is 0 Å². The lowest BCUT2D eigenvalue weighted by Gasteiger charge is -2.34. The summed E-state index contributed by atoms with van der Waals surface area (Å²) >= 11 is 0. The lowest BCUT2D eigenvalue weighted by Crippen LogP contribution is -2.44. The van der Waals surface area contributed by atoms with Crippen LogP contribution in [0.25, 0.3) is 5.57 Å². The molecule has 0 bridgehead atoms. The molecule has 0 fully saturated rings. The Kier molecular flexibility index (Phi) is 4.61. The summed E-state index contributed by atoms with van der Waals surface area (Å²) in [5.41, 5.74) is -0.150. The Balaban J connectivity index is 1.91. The molecule has 0 radical (unpaired) electrons. The van der Waals surface area contributed by atoms with E-state index in [1.807, 2.05) is 0 Å². The second-order valence-corrected chi connectivity index (χ2v) is 8.76. The van der Waals surface area contributed by atoms with E-state index < -0.39 is 39.5 Å². The number of fused-ring (bicyclic) bond motifs is 1. The van der Waals surface area contributed by atoms with Crippen LogP contribution in [0.15, 0.2) is 83.4 Å². The smallest absolute Gasteiger partial charge is 0.295 e. The number of carbonyl (C=O) groups is 1. The van der Waals surface area contributed by atoms with Crippen LogP contribution in [-0.4, -0.2) is 30.7 Å². The van der Waals surface area contributed by atoms with E-state index in [-0.39, 0.29) is 11.3 Å². The number of hydrogen-bond donors (Lipinski definition) is 0. The summed E-state index contributed by atoms with van der Waals surface area (Å²) in [4.78, 5) is 12.0. The Hall–Kier alpha value is -2.87. The molecule has 29 heavy (non-hydrogen) atoms. The van der Waals surface area contributed by atoms with E-state index in [1.54, 1.807) is 36.4 Å². The normalized spacial score (nSPS) is 22.2. The van der Waals surface area contributed by atoms with E-state index in [9.17, 15) is 26.4 Å². The maximum absolute atomic E-state index is 13.8. The quantitative estimate of drug-likeness (QED) is 0.750. The summed E-state index contributed by atoms with van der Waals surface area (Å²) in [7, 11) is -4.26. The van der Waals surface area contributed by atoms with Crippen LogP contribution in [0, 0.1) is 5.92 Å². The van der Waals surface area contributed by atoms with Crippen LogP contribution in [0.5, 0.6) is 0 Å². The first kappa shape index (κ1) is 19.4. The highest BCUT2D eigenvalue weighted by Crippen LogP contribution is 2.48. The molecule has 2 unspecified atom stereocenters. The molecule has 2 aliphatic rings. The van der Waals surface area contributed by atoms with Gasteiger partial charge in [-0.25, -0.2) is 8.42 Å². The van der Waals surface area contributed by atoms with Crippen LogP contribution < -0.4 is 0 Å². The summed E-state index contributed by atoms with van der Waals surface area (Å²) in [6, 6.07) is 14.4. The number of nitrogens with zero attached hydrogens (tertiary/aromatic N) is 1. The van der Waals surface area contributed by atoms with E-state index in [2.05, 4.69) is 0 Å². The van der Waals surface area contributed by atoms with Crippen LogP contribution in [0.2, 0.25) is 0 Å². The van der Waals surface area contributed by atoms with Crippen molar-refractivity contribution in [2.24, 2.45) is 5.92 Å². The molecule has 8 heteroatoms. The standard InChI is InChI=1S/C21H16F3NO3S/c22-21(23,24)19-12-15(26)11-17-18(14-7-3-1-4-8-14)13-25(20(17)19)29(27,28)16-9-5-2-6-10-16/h1-10,12-13,17,20H,11H2. The molecule has 2 aromatic carbocycles. The predicted molar refractivity (Wildman–Crippen MR) is 101 cm³/mol. The number of allylic oxidation sites excluding steroid dienone is 1. The topological polar surface area (TPSA) is 54.5 Å². The summed E-state index contributed by atoms with van der Waals surface area (Å²) in [6.07, 6.45) is -3.24. The van der Waals surface area contributed by atoms with Crippen molar-refractivity contribution in [1.82, 2.24) is 4.31 Å². The highest BCUT2D eigenvalue weighted by molar-refractivity contribution is 7.89. The zero-order valence-electron chi connectivity index (χ0n) is 15.0. The van der Waals surface area contributed by atoms with Crippen molar-refractivity contribution >= 4 is 21.4 Å². The Morgan fingerprint density at radius 3 is 2.10 bits per heavy atom. The number of benzene rings is 2. The molecular formula is C21H16F3NO3S. The molecule has 0 saturated heterocycles. The van der Waals surface area contributed by atoms with Crippen molar-refractivity contribution in [3.05, 3.63) is 84.1 Å². The number of hydrogen-bond acceptors (Lipinski definition) is 3. The fourth-order valence-electron chi connectivity index (χ4n) is 3.87. The van der Waals surface area contributed by atoms with Gasteiger partial charge in [-0.15, -0.1) is 0 Å². The molecule has 0 aromatic heterocycles. The fourth-order valence-corrected chi connectivity index (χ4v) is 5.43. The monoisotopic (exact) mass is 419 g/mol. The third-order valence-electron chi connectivity index (χ3n) is 5.13. The summed E-state index contributed by atoms with van der Waals surface area (Å²) in [5.74, 6) is -1.58. The Morgan fingerprint density at radius 1 is 0.931 bits per heavy atom. The van der Waals surface area contributed by atoms with Crippen LogP contribution >= 0.6 is 0 Å². The molecule has 1 heterocycles. The minimum absolute atomic E-state index is 0.109. The molecule has 0 amide bonds. The number of alkyl halides is 3. The first-order valence-corrected chi connectivity index (χ1v) is 10.3. The van der Waals surface area contributed by atoms with E-state index >= 15 is 0 Å². The van der Waals surface area contributed by atoms with Gasteiger partial charge in [-0.3, -0.25) is 9.10 Å². The number of sulfonamides is 1.